The van der Waals surface area contributed by atoms with Crippen LogP contribution in [-0.4, -0.2) is 28.8 Å². The number of anilines is 1. The van der Waals surface area contributed by atoms with Gasteiger partial charge in [-0.15, -0.1) is 0 Å². The minimum absolute atomic E-state index is 0.0551. The molecule has 0 unspecified atom stereocenters. The Bertz CT molecular complexity index is 1100. The first-order chi connectivity index (χ1) is 14.3. The molecule has 1 N–H and O–H groups in total. The number of halogens is 2. The number of nitrogens with one attached hydrogen (secondary N) is 1. The summed E-state index contributed by atoms with van der Waals surface area (Å²) in [5.74, 6) is -1.94. The summed E-state index contributed by atoms with van der Waals surface area (Å²) in [6.07, 6.45) is 1.49. The van der Waals surface area contributed by atoms with Crippen LogP contribution in [-0.2, 0) is 11.3 Å². The molecule has 2 aromatic heterocycles. The second-order valence-corrected chi connectivity index (χ2v) is 6.56. The molecule has 9 heteroatoms. The molecule has 7 nitrogen and oxygen atoms in total. The van der Waals surface area contributed by atoms with E-state index in [0.29, 0.717) is 16.8 Å². The van der Waals surface area contributed by atoms with Crippen LogP contribution in [0.2, 0.25) is 0 Å². The molecule has 0 bridgehead atoms. The highest BCUT2D eigenvalue weighted by molar-refractivity contribution is 5.93. The number of benzene rings is 1. The number of carbonyl (C=O) groups excluding carboxylic acids is 2. The molecule has 0 aliphatic carbocycles. The van der Waals surface area contributed by atoms with Crippen molar-refractivity contribution < 1.29 is 22.8 Å². The molecule has 0 atom stereocenters. The van der Waals surface area contributed by atoms with E-state index >= 15 is 0 Å². The zero-order valence-corrected chi connectivity index (χ0v) is 16.7. The van der Waals surface area contributed by atoms with E-state index in [4.69, 9.17) is 4.42 Å². The number of pyridine rings is 1. The van der Waals surface area contributed by atoms with Crippen molar-refractivity contribution in [1.29, 1.82) is 0 Å². The van der Waals surface area contributed by atoms with Gasteiger partial charge in [0.2, 0.25) is 23.5 Å². The van der Waals surface area contributed by atoms with E-state index in [0.717, 1.165) is 0 Å². The second-order valence-electron chi connectivity index (χ2n) is 6.56. The van der Waals surface area contributed by atoms with E-state index in [2.05, 4.69) is 15.3 Å². The zero-order valence-electron chi connectivity index (χ0n) is 16.7. The maximum Gasteiger partial charge on any atom is 0.288 e. The largest absolute Gasteiger partial charge is 0.431 e. The molecule has 0 saturated carbocycles. The van der Waals surface area contributed by atoms with Crippen LogP contribution in [0.5, 0.6) is 0 Å². The van der Waals surface area contributed by atoms with E-state index in [1.165, 1.54) is 42.4 Å². The van der Waals surface area contributed by atoms with Crippen molar-refractivity contribution in [1.82, 2.24) is 15.3 Å². The first kappa shape index (κ1) is 21.1. The topological polar surface area (TPSA) is 88.3 Å². The fraction of sp³-hybridized carbons (Fsp3) is 0.238. The van der Waals surface area contributed by atoms with Gasteiger partial charge in [0.15, 0.2) is 0 Å². The van der Waals surface area contributed by atoms with E-state index in [-0.39, 0.29) is 36.2 Å². The van der Waals surface area contributed by atoms with Crippen molar-refractivity contribution >= 4 is 17.5 Å². The number of aryl methyl sites for hydroxylation is 1. The van der Waals surface area contributed by atoms with Crippen molar-refractivity contribution in [2.45, 2.75) is 26.8 Å². The number of rotatable bonds is 6. The summed E-state index contributed by atoms with van der Waals surface area (Å²) in [5, 5.41) is 2.64. The molecule has 0 aliphatic heterocycles. The van der Waals surface area contributed by atoms with Crippen molar-refractivity contribution in [2.24, 2.45) is 0 Å². The second kappa shape index (κ2) is 8.81. The van der Waals surface area contributed by atoms with Gasteiger partial charge in [-0.3, -0.25) is 9.59 Å². The minimum atomic E-state index is -0.611. The lowest BCUT2D eigenvalue weighted by atomic mass is 10.2. The van der Waals surface area contributed by atoms with Crippen LogP contribution in [0.3, 0.4) is 0 Å². The fourth-order valence-corrected chi connectivity index (χ4v) is 2.80. The van der Waals surface area contributed by atoms with Gasteiger partial charge in [0.25, 0.3) is 5.91 Å². The Morgan fingerprint density at radius 1 is 1.20 bits per heavy atom. The summed E-state index contributed by atoms with van der Waals surface area (Å²) in [6.45, 7) is 3.47. The van der Waals surface area contributed by atoms with Gasteiger partial charge in [-0.2, -0.15) is 4.39 Å². The van der Waals surface area contributed by atoms with Crippen LogP contribution in [0.25, 0.3) is 11.5 Å². The Balaban J connectivity index is 1.71. The molecular formula is C21H20F2N4O3. The zero-order chi connectivity index (χ0) is 21.8. The fourth-order valence-electron chi connectivity index (χ4n) is 2.80. The third-order valence-electron chi connectivity index (χ3n) is 4.56. The quantitative estimate of drug-likeness (QED) is 0.623. The van der Waals surface area contributed by atoms with Crippen LogP contribution in [0.15, 0.2) is 40.9 Å². The first-order valence-electron chi connectivity index (χ1n) is 9.22. The summed E-state index contributed by atoms with van der Waals surface area (Å²) in [4.78, 5) is 33.0. The van der Waals surface area contributed by atoms with Gasteiger partial charge in [-0.05, 0) is 36.8 Å². The normalized spacial score (nSPS) is 10.7. The van der Waals surface area contributed by atoms with Gasteiger partial charge >= 0.3 is 0 Å². The molecule has 2 amide bonds. The maximum absolute atomic E-state index is 14.4. The lowest BCUT2D eigenvalue weighted by Gasteiger charge is -2.17. The smallest absolute Gasteiger partial charge is 0.288 e. The van der Waals surface area contributed by atoms with Crippen LogP contribution in [0, 0.1) is 18.7 Å². The van der Waals surface area contributed by atoms with Gasteiger partial charge in [0.05, 0.1) is 11.9 Å². The molecule has 0 aliphatic rings. The van der Waals surface area contributed by atoms with Crippen LogP contribution < -0.4 is 10.2 Å². The van der Waals surface area contributed by atoms with Gasteiger partial charge in [0.1, 0.15) is 5.82 Å². The van der Waals surface area contributed by atoms with Crippen molar-refractivity contribution in [3.63, 3.8) is 0 Å². The molecule has 0 fully saturated rings. The number of amides is 2. The van der Waals surface area contributed by atoms with E-state index in [1.54, 1.807) is 19.9 Å². The third kappa shape index (κ3) is 4.51. The lowest BCUT2D eigenvalue weighted by Crippen LogP contribution is -2.25. The van der Waals surface area contributed by atoms with Crippen molar-refractivity contribution in [3.8, 4) is 11.5 Å². The van der Waals surface area contributed by atoms with Gasteiger partial charge < -0.3 is 14.6 Å². The summed E-state index contributed by atoms with van der Waals surface area (Å²) in [5.41, 5.74) is 1.59. The van der Waals surface area contributed by atoms with Gasteiger partial charge in [-0.1, -0.05) is 13.0 Å². The Morgan fingerprint density at radius 3 is 2.63 bits per heavy atom. The monoisotopic (exact) mass is 414 g/mol. The van der Waals surface area contributed by atoms with E-state index in [9.17, 15) is 18.4 Å². The first-order valence-corrected chi connectivity index (χ1v) is 9.22. The molecular weight excluding hydrogens is 394 g/mol. The van der Waals surface area contributed by atoms with Crippen LogP contribution in [0.1, 0.15) is 35.2 Å². The minimum Gasteiger partial charge on any atom is -0.431 e. The highest BCUT2D eigenvalue weighted by Crippen LogP contribution is 2.26. The molecule has 30 heavy (non-hydrogen) atoms. The summed E-state index contributed by atoms with van der Waals surface area (Å²) < 4.78 is 33.0. The molecule has 2 heterocycles. The Morgan fingerprint density at radius 2 is 1.97 bits per heavy atom. The molecule has 3 rings (SSSR count). The predicted molar refractivity (Wildman–Crippen MR) is 106 cm³/mol. The predicted octanol–water partition coefficient (Wildman–Crippen LogP) is 3.63. The highest BCUT2D eigenvalue weighted by atomic mass is 19.1. The van der Waals surface area contributed by atoms with E-state index in [1.807, 2.05) is 0 Å². The Kier molecular flexibility index (Phi) is 6.20. The van der Waals surface area contributed by atoms with Crippen molar-refractivity contribution in [2.75, 3.05) is 11.9 Å². The summed E-state index contributed by atoms with van der Waals surface area (Å²) in [7, 11) is 1.50. The Labute approximate surface area is 171 Å². The summed E-state index contributed by atoms with van der Waals surface area (Å²) >= 11 is 0. The number of nitrogens with zero attached hydrogens (tertiary/aromatic N) is 3. The van der Waals surface area contributed by atoms with Crippen LogP contribution >= 0.6 is 0 Å². The van der Waals surface area contributed by atoms with Crippen molar-refractivity contribution in [3.05, 3.63) is 65.3 Å². The average molecular weight is 414 g/mol. The number of aromatic nitrogens is 2. The van der Waals surface area contributed by atoms with E-state index < -0.39 is 17.7 Å². The van der Waals surface area contributed by atoms with Gasteiger partial charge in [-0.25, -0.2) is 14.4 Å². The third-order valence-corrected chi connectivity index (χ3v) is 4.56. The maximum atomic E-state index is 14.4. The number of oxazole rings is 1. The van der Waals surface area contributed by atoms with Gasteiger partial charge in [0, 0.05) is 31.3 Å². The molecule has 0 saturated heterocycles. The highest BCUT2D eigenvalue weighted by Gasteiger charge is 2.18. The molecule has 0 spiro atoms. The number of hydrogen-bond donors (Lipinski definition) is 1. The molecule has 3 aromatic rings. The summed E-state index contributed by atoms with van der Waals surface area (Å²) in [6, 6.07) is 6.94. The van der Waals surface area contributed by atoms with Crippen LogP contribution in [0.4, 0.5) is 14.5 Å². The molecule has 0 radical (unpaired) electrons. The molecule has 156 valence electrons. The SMILES string of the molecule is CCC(=O)N(C)c1ccc(-c2ncc(C(=O)NCc3ccc(F)nc3C)o2)cc1F. The lowest BCUT2D eigenvalue weighted by molar-refractivity contribution is -0.118. The Hall–Kier alpha value is -3.62. The molecule has 1 aromatic carbocycles. The number of hydrogen-bond acceptors (Lipinski definition) is 5. The number of carbonyl (C=O) groups is 2. The standard InChI is InChI=1S/C21H20F2N4O3/c1-4-19(28)27(3)16-7-5-13(9-15(16)22)21-25-11-17(30-21)20(29)24-10-14-6-8-18(23)26-12(14)2/h5-9,11H,4,10H2,1-3H3,(H,24,29). The average Bonchev–Trinajstić information content (AvgIpc) is 3.22.